The summed E-state index contributed by atoms with van der Waals surface area (Å²) in [6.45, 7) is 4.48. The highest BCUT2D eigenvalue weighted by atomic mass is 32.3. The predicted octanol–water partition coefficient (Wildman–Crippen LogP) is 11.9. The number of thioether (sulfide) groups is 6. The van der Waals surface area contributed by atoms with Crippen LogP contribution in [0.5, 0.6) is 11.5 Å². The molecule has 2 aromatic carbocycles. The zero-order valence-corrected chi connectivity index (χ0v) is 31.0. The van der Waals surface area contributed by atoms with Crippen molar-refractivity contribution in [3.05, 3.63) is 89.9 Å². The molecule has 1 aromatic heterocycles. The number of rotatable bonds is 6. The molecule has 4 aliphatic carbocycles. The molecule has 0 saturated heterocycles. The largest absolute Gasteiger partial charge is 0.496 e. The minimum Gasteiger partial charge on any atom is -0.496 e. The molecule has 0 radical (unpaired) electrons. The van der Waals surface area contributed by atoms with E-state index in [1.54, 1.807) is 36.9 Å². The summed E-state index contributed by atoms with van der Waals surface area (Å²) in [5.41, 5.74) is 7.90. The van der Waals surface area contributed by atoms with E-state index in [-0.39, 0.29) is 0 Å². The van der Waals surface area contributed by atoms with Crippen LogP contribution < -0.4 is 9.47 Å². The Balaban J connectivity index is 1.43. The predicted molar refractivity (Wildman–Crippen MR) is 198 cm³/mol. The molecule has 0 N–H and O–H groups in total. The molecular formula is C31H30O2S9. The molecule has 0 amide bonds. The molecule has 0 unspecified atom stereocenters. The molecule has 42 heavy (non-hydrogen) atoms. The van der Waals surface area contributed by atoms with Gasteiger partial charge in [0.25, 0.3) is 0 Å². The number of hydrogen-bond acceptors (Lipinski definition) is 11. The van der Waals surface area contributed by atoms with E-state index >= 15 is 0 Å². The van der Waals surface area contributed by atoms with Gasteiger partial charge >= 0.3 is 0 Å². The van der Waals surface area contributed by atoms with E-state index in [4.69, 9.17) is 21.7 Å². The summed E-state index contributed by atoms with van der Waals surface area (Å²) in [6.07, 6.45) is 3.47. The smallest absolute Gasteiger partial charge is 0.145 e. The average molecular weight is 723 g/mol. The normalized spacial score (nSPS) is 17.0. The topological polar surface area (TPSA) is 18.5 Å². The Bertz CT molecular complexity index is 1590. The van der Waals surface area contributed by atoms with Crippen molar-refractivity contribution >= 4 is 105 Å². The molecule has 220 valence electrons. The SMILES string of the molecule is CCSC1=C(SCC)SC(=C2Cc3ccc(cc3)CC(=C3Sc4sc(=S)sc4S3)Cc3cc(OC)c(cc3OC)C2)S1. The maximum Gasteiger partial charge on any atom is 0.145 e. The van der Waals surface area contributed by atoms with Crippen molar-refractivity contribution in [1.82, 2.24) is 0 Å². The van der Waals surface area contributed by atoms with Gasteiger partial charge in [-0.05, 0) is 71.6 Å². The first-order chi connectivity index (χ1) is 20.5. The van der Waals surface area contributed by atoms with Gasteiger partial charge in [0, 0.05) is 11.1 Å². The third-order valence-electron chi connectivity index (χ3n) is 6.90. The fourth-order valence-electron chi connectivity index (χ4n) is 5.01. The number of ether oxygens (including phenoxy) is 2. The maximum absolute atomic E-state index is 6.06. The molecular weight excluding hydrogens is 693 g/mol. The van der Waals surface area contributed by atoms with Gasteiger partial charge in [-0.3, -0.25) is 0 Å². The Labute approximate surface area is 287 Å². The van der Waals surface area contributed by atoms with Crippen LogP contribution in [0.2, 0.25) is 0 Å². The molecule has 0 saturated carbocycles. The molecule has 0 spiro atoms. The molecule has 0 atom stereocenters. The summed E-state index contributed by atoms with van der Waals surface area (Å²) in [6, 6.07) is 13.8. The van der Waals surface area contributed by atoms with E-state index in [0.29, 0.717) is 0 Å². The first-order valence-electron chi connectivity index (χ1n) is 13.6. The van der Waals surface area contributed by atoms with Gasteiger partial charge in [0.15, 0.2) is 0 Å². The Kier molecular flexibility index (Phi) is 10.8. The van der Waals surface area contributed by atoms with Crippen molar-refractivity contribution in [2.75, 3.05) is 25.7 Å². The second-order valence-corrected chi connectivity index (χ2v) is 21.1. The first-order valence-corrected chi connectivity index (χ1v) is 20.9. The van der Waals surface area contributed by atoms with Gasteiger partial charge in [-0.15, -0.1) is 46.2 Å². The van der Waals surface area contributed by atoms with Crippen molar-refractivity contribution < 1.29 is 9.47 Å². The molecule has 11 heteroatoms. The Morgan fingerprint density at radius 2 is 1.10 bits per heavy atom. The summed E-state index contributed by atoms with van der Waals surface area (Å²) >= 11 is 20.6. The van der Waals surface area contributed by atoms with Crippen LogP contribution in [0.25, 0.3) is 0 Å². The zero-order chi connectivity index (χ0) is 29.2. The van der Waals surface area contributed by atoms with Crippen LogP contribution in [-0.2, 0) is 25.7 Å². The molecule has 9 rings (SSSR count). The van der Waals surface area contributed by atoms with Crippen molar-refractivity contribution in [2.24, 2.45) is 0 Å². The monoisotopic (exact) mass is 722 g/mol. The minimum atomic E-state index is 0.815. The third kappa shape index (κ3) is 7.04. The fourth-order valence-corrected chi connectivity index (χ4v) is 17.4. The lowest BCUT2D eigenvalue weighted by Gasteiger charge is -2.20. The number of methoxy groups -OCH3 is 2. The Hall–Kier alpha value is -0.370. The van der Waals surface area contributed by atoms with Crippen molar-refractivity contribution in [1.29, 1.82) is 0 Å². The van der Waals surface area contributed by atoms with Crippen LogP contribution in [0, 0.1) is 3.14 Å². The molecule has 2 aliphatic heterocycles. The van der Waals surface area contributed by atoms with Gasteiger partial charge in [-0.2, -0.15) is 0 Å². The van der Waals surface area contributed by atoms with Gasteiger partial charge in [0.05, 0.1) is 39.6 Å². The number of hydrogen-bond donors (Lipinski definition) is 0. The molecule has 4 bridgehead atoms. The number of fused-ring (bicyclic) bond motifs is 1. The summed E-state index contributed by atoms with van der Waals surface area (Å²) in [5.74, 6) is 4.06. The quantitative estimate of drug-likeness (QED) is 0.229. The second-order valence-electron chi connectivity index (χ2n) is 9.66. The van der Waals surface area contributed by atoms with Crippen molar-refractivity contribution in [2.45, 2.75) is 47.9 Å². The highest BCUT2D eigenvalue weighted by Gasteiger charge is 2.27. The first kappa shape index (κ1) is 31.6. The van der Waals surface area contributed by atoms with E-state index in [0.717, 1.165) is 51.8 Å². The lowest BCUT2D eigenvalue weighted by atomic mass is 9.92. The van der Waals surface area contributed by atoms with E-state index in [2.05, 4.69) is 50.2 Å². The van der Waals surface area contributed by atoms with Crippen LogP contribution in [-0.4, -0.2) is 25.7 Å². The van der Waals surface area contributed by atoms with Gasteiger partial charge < -0.3 is 9.47 Å². The van der Waals surface area contributed by atoms with Gasteiger partial charge in [0.2, 0.25) is 0 Å². The van der Waals surface area contributed by atoms with Gasteiger partial charge in [0.1, 0.15) is 14.6 Å². The molecule has 6 aliphatic rings. The van der Waals surface area contributed by atoms with Crippen LogP contribution in [0.4, 0.5) is 0 Å². The van der Waals surface area contributed by atoms with E-state index < -0.39 is 0 Å². The van der Waals surface area contributed by atoms with Crippen LogP contribution in [0.15, 0.2) is 72.9 Å². The Morgan fingerprint density at radius 3 is 1.50 bits per heavy atom. The van der Waals surface area contributed by atoms with Crippen LogP contribution in [0.1, 0.15) is 36.1 Å². The minimum absolute atomic E-state index is 0.815. The fraction of sp³-hybridized carbons (Fsp3) is 0.323. The standard InChI is InChI=1S/C31H30O2S9/c1-5-35-27-28(36-6-2)38-25(37-27)21-11-17-7-9-18(10-8-17)12-22(26-39-29-30(40-26)42-31(34)41-29)14-20-16-23(32-3)19(13-21)15-24(20)33-4/h7-10,15-16H,5-6,11-14H2,1-4H3. The van der Waals surface area contributed by atoms with Crippen LogP contribution >= 0.6 is 105 Å². The molecule has 0 fully saturated rings. The summed E-state index contributed by atoms with van der Waals surface area (Å²) in [5, 5.41) is 0. The third-order valence-corrected chi connectivity index (χ3v) is 18.2. The summed E-state index contributed by atoms with van der Waals surface area (Å²) < 4.78 is 21.5. The lowest BCUT2D eigenvalue weighted by molar-refractivity contribution is 0.396. The number of benzene rings is 2. The second kappa shape index (κ2) is 14.4. The highest BCUT2D eigenvalue weighted by molar-refractivity contribution is 8.40. The molecule has 3 aromatic rings. The maximum atomic E-state index is 6.06. The Morgan fingerprint density at radius 1 is 0.667 bits per heavy atom. The molecule has 2 nitrogen and oxygen atoms in total. The highest BCUT2D eigenvalue weighted by Crippen LogP contribution is 2.59. The van der Waals surface area contributed by atoms with E-state index in [1.165, 1.54) is 58.8 Å². The van der Waals surface area contributed by atoms with E-state index in [9.17, 15) is 0 Å². The summed E-state index contributed by atoms with van der Waals surface area (Å²) in [7, 11) is 3.59. The van der Waals surface area contributed by atoms with Crippen LogP contribution in [0.3, 0.4) is 0 Å². The van der Waals surface area contributed by atoms with Gasteiger partial charge in [-0.25, -0.2) is 0 Å². The summed E-state index contributed by atoms with van der Waals surface area (Å²) in [4.78, 5) is 0. The lowest BCUT2D eigenvalue weighted by Crippen LogP contribution is -2.05. The zero-order valence-electron chi connectivity index (χ0n) is 23.7. The van der Waals surface area contributed by atoms with Crippen molar-refractivity contribution in [3.63, 3.8) is 0 Å². The van der Waals surface area contributed by atoms with Gasteiger partial charge in [-0.1, -0.05) is 97.4 Å². The average Bonchev–Trinajstić information content (AvgIpc) is 3.67. The van der Waals surface area contributed by atoms with Crippen molar-refractivity contribution in [3.8, 4) is 11.5 Å². The molecule has 3 heterocycles. The van der Waals surface area contributed by atoms with E-state index in [1.807, 2.05) is 70.6 Å². The number of allylic oxidation sites excluding steroid dienone is 2.